The Labute approximate surface area is 116 Å². The maximum atomic E-state index is 13.8. The highest BCUT2D eigenvalue weighted by atomic mass is 35.5. The molecule has 0 bridgehead atoms. The molecule has 0 aromatic heterocycles. The summed E-state index contributed by atoms with van der Waals surface area (Å²) in [6.07, 6.45) is -1.98. The molecule has 1 unspecified atom stereocenters. The molecule has 0 fully saturated rings. The Morgan fingerprint density at radius 3 is 2.68 bits per heavy atom. The van der Waals surface area contributed by atoms with E-state index in [4.69, 9.17) is 10.5 Å². The van der Waals surface area contributed by atoms with Crippen molar-refractivity contribution in [1.29, 1.82) is 0 Å². The van der Waals surface area contributed by atoms with E-state index >= 15 is 0 Å². The third-order valence-corrected chi connectivity index (χ3v) is 2.40. The number of phenols is 1. The smallest absolute Gasteiger partial charge is 0.342 e. The van der Waals surface area contributed by atoms with E-state index in [1.54, 1.807) is 6.92 Å². The zero-order chi connectivity index (χ0) is 13.7. The summed E-state index contributed by atoms with van der Waals surface area (Å²) in [6.45, 7) is 1.66. The van der Waals surface area contributed by atoms with Crippen LogP contribution < -0.4 is 10.5 Å². The molecule has 7 heteroatoms. The van der Waals surface area contributed by atoms with Gasteiger partial charge in [-0.25, -0.2) is 9.18 Å². The van der Waals surface area contributed by atoms with Crippen molar-refractivity contribution in [2.24, 2.45) is 5.73 Å². The molecule has 108 valence electrons. The number of esters is 1. The molecule has 1 aromatic carbocycles. The van der Waals surface area contributed by atoms with Gasteiger partial charge in [-0.2, -0.15) is 0 Å². The Bertz CT molecular complexity index is 430. The molecule has 0 aliphatic heterocycles. The summed E-state index contributed by atoms with van der Waals surface area (Å²) in [5, 5.41) is 9.28. The van der Waals surface area contributed by atoms with E-state index in [9.17, 15) is 14.3 Å². The molecule has 5 nitrogen and oxygen atoms in total. The van der Waals surface area contributed by atoms with Gasteiger partial charge in [-0.3, -0.25) is 0 Å². The third kappa shape index (κ3) is 4.25. The second-order valence-corrected chi connectivity index (χ2v) is 3.61. The molecule has 3 N–H and O–H groups in total. The Kier molecular flexibility index (Phi) is 7.18. The van der Waals surface area contributed by atoms with Crippen molar-refractivity contribution in [3.63, 3.8) is 0 Å². The number of aromatic hydroxyl groups is 1. The number of phenolic OH excluding ortho intramolecular Hbond substituents is 1. The predicted molar refractivity (Wildman–Crippen MR) is 70.4 cm³/mol. The molecule has 0 aliphatic rings. The van der Waals surface area contributed by atoms with Crippen molar-refractivity contribution in [1.82, 2.24) is 0 Å². The fourth-order valence-electron chi connectivity index (χ4n) is 1.50. The first-order chi connectivity index (χ1) is 8.51. The Balaban J connectivity index is 0.00000324. The zero-order valence-electron chi connectivity index (χ0n) is 10.6. The molecule has 2 atom stereocenters. The number of hydrogen-bond donors (Lipinski definition) is 2. The standard InChI is InChI=1S/C12H16FNO4.ClH/c1-3-18-12(16)10(13)11(14)8-5-4-7(15)6-9(8)17-2;/h4-6,10-11,15H,3,14H2,1-2H3;1H/t10?,11-;/m0./s1. The minimum atomic E-state index is -1.98. The quantitative estimate of drug-likeness (QED) is 0.808. The molecule has 0 amide bonds. The van der Waals surface area contributed by atoms with Gasteiger partial charge in [0.2, 0.25) is 6.17 Å². The molecule has 0 saturated heterocycles. The number of ether oxygens (including phenoxy) is 2. The van der Waals surface area contributed by atoms with Gasteiger partial charge >= 0.3 is 5.97 Å². The maximum Gasteiger partial charge on any atom is 0.342 e. The molecule has 0 spiro atoms. The first kappa shape index (κ1) is 17.5. The zero-order valence-corrected chi connectivity index (χ0v) is 11.4. The van der Waals surface area contributed by atoms with Crippen LogP contribution in [0.4, 0.5) is 4.39 Å². The monoisotopic (exact) mass is 293 g/mol. The second kappa shape index (κ2) is 7.81. The van der Waals surface area contributed by atoms with Crippen LogP contribution in [-0.2, 0) is 9.53 Å². The Morgan fingerprint density at radius 2 is 2.16 bits per heavy atom. The first-order valence-electron chi connectivity index (χ1n) is 5.44. The summed E-state index contributed by atoms with van der Waals surface area (Å²) < 4.78 is 23.3. The van der Waals surface area contributed by atoms with Gasteiger partial charge in [0, 0.05) is 11.6 Å². The van der Waals surface area contributed by atoms with Crippen LogP contribution in [0.3, 0.4) is 0 Å². The predicted octanol–water partition coefficient (Wildman–Crippen LogP) is 1.72. The van der Waals surface area contributed by atoms with E-state index in [1.165, 1.54) is 25.3 Å². The van der Waals surface area contributed by atoms with Crippen LogP contribution in [0.5, 0.6) is 11.5 Å². The lowest BCUT2D eigenvalue weighted by Gasteiger charge is -2.18. The van der Waals surface area contributed by atoms with E-state index in [0.29, 0.717) is 0 Å². The topological polar surface area (TPSA) is 81.8 Å². The average molecular weight is 294 g/mol. The summed E-state index contributed by atoms with van der Waals surface area (Å²) in [5.41, 5.74) is 5.95. The van der Waals surface area contributed by atoms with E-state index in [2.05, 4.69) is 4.74 Å². The molecule has 0 heterocycles. The van der Waals surface area contributed by atoms with E-state index in [0.717, 1.165) is 0 Å². The van der Waals surface area contributed by atoms with E-state index in [1.807, 2.05) is 0 Å². The molecule has 0 saturated carbocycles. The number of nitrogens with two attached hydrogens (primary N) is 1. The molecule has 0 aliphatic carbocycles. The molecular weight excluding hydrogens is 277 g/mol. The van der Waals surface area contributed by atoms with Crippen molar-refractivity contribution in [3.8, 4) is 11.5 Å². The number of benzene rings is 1. The molecule has 19 heavy (non-hydrogen) atoms. The number of alkyl halides is 1. The van der Waals surface area contributed by atoms with Crippen molar-refractivity contribution in [2.45, 2.75) is 19.1 Å². The Morgan fingerprint density at radius 1 is 1.53 bits per heavy atom. The van der Waals surface area contributed by atoms with Crippen LogP contribution >= 0.6 is 12.4 Å². The minimum absolute atomic E-state index is 0. The highest BCUT2D eigenvalue weighted by Crippen LogP contribution is 2.30. The highest BCUT2D eigenvalue weighted by molar-refractivity contribution is 5.85. The summed E-state index contributed by atoms with van der Waals surface area (Å²) in [4.78, 5) is 11.3. The van der Waals surface area contributed by atoms with Gasteiger partial charge in [0.1, 0.15) is 11.5 Å². The number of rotatable bonds is 5. The average Bonchev–Trinajstić information content (AvgIpc) is 2.37. The number of carbonyl (C=O) groups excluding carboxylic acids is 1. The number of hydrogen-bond acceptors (Lipinski definition) is 5. The number of halogens is 2. The SMILES string of the molecule is CCOC(=O)C(F)[C@@H](N)c1ccc(O)cc1OC.Cl. The maximum absolute atomic E-state index is 13.8. The number of carbonyl (C=O) groups is 1. The van der Waals surface area contributed by atoms with Crippen molar-refractivity contribution >= 4 is 18.4 Å². The normalized spacial score (nSPS) is 13.1. The van der Waals surface area contributed by atoms with E-state index in [-0.39, 0.29) is 36.1 Å². The lowest BCUT2D eigenvalue weighted by atomic mass is 10.0. The van der Waals surface area contributed by atoms with Crippen LogP contribution in [0.2, 0.25) is 0 Å². The molecule has 1 rings (SSSR count). The number of methoxy groups -OCH3 is 1. The summed E-state index contributed by atoms with van der Waals surface area (Å²) >= 11 is 0. The van der Waals surface area contributed by atoms with Crippen LogP contribution in [0.15, 0.2) is 18.2 Å². The molecule has 1 aromatic rings. The van der Waals surface area contributed by atoms with Crippen molar-refractivity contribution in [3.05, 3.63) is 23.8 Å². The summed E-state index contributed by atoms with van der Waals surface area (Å²) in [6, 6.07) is 2.84. The summed E-state index contributed by atoms with van der Waals surface area (Å²) in [5.74, 6) is -0.830. The van der Waals surface area contributed by atoms with Gasteiger partial charge in [0.05, 0.1) is 19.8 Å². The molecular formula is C12H17ClFNO4. The van der Waals surface area contributed by atoms with Gasteiger partial charge in [-0.15, -0.1) is 12.4 Å². The van der Waals surface area contributed by atoms with Crippen LogP contribution in [0.1, 0.15) is 18.5 Å². The first-order valence-corrected chi connectivity index (χ1v) is 5.44. The van der Waals surface area contributed by atoms with Gasteiger partial charge in [-0.1, -0.05) is 0 Å². The van der Waals surface area contributed by atoms with Crippen molar-refractivity contribution in [2.75, 3.05) is 13.7 Å². The lowest BCUT2D eigenvalue weighted by molar-refractivity contribution is -0.149. The van der Waals surface area contributed by atoms with Crippen LogP contribution in [0, 0.1) is 0 Å². The minimum Gasteiger partial charge on any atom is -0.508 e. The van der Waals surface area contributed by atoms with Gasteiger partial charge < -0.3 is 20.3 Å². The van der Waals surface area contributed by atoms with Gasteiger partial charge in [-0.05, 0) is 19.1 Å². The van der Waals surface area contributed by atoms with Crippen LogP contribution in [0.25, 0.3) is 0 Å². The fraction of sp³-hybridized carbons (Fsp3) is 0.417. The second-order valence-electron chi connectivity index (χ2n) is 3.61. The largest absolute Gasteiger partial charge is 0.508 e. The lowest BCUT2D eigenvalue weighted by Crippen LogP contribution is -2.31. The van der Waals surface area contributed by atoms with Gasteiger partial charge in [0.15, 0.2) is 0 Å². The molecule has 0 radical (unpaired) electrons. The van der Waals surface area contributed by atoms with E-state index < -0.39 is 18.2 Å². The Hall–Kier alpha value is -1.53. The van der Waals surface area contributed by atoms with Gasteiger partial charge in [0.25, 0.3) is 0 Å². The highest BCUT2D eigenvalue weighted by Gasteiger charge is 2.29. The van der Waals surface area contributed by atoms with Crippen molar-refractivity contribution < 1.29 is 23.8 Å². The fourth-order valence-corrected chi connectivity index (χ4v) is 1.50. The summed E-state index contributed by atoms with van der Waals surface area (Å²) in [7, 11) is 1.36. The third-order valence-electron chi connectivity index (χ3n) is 2.40. The van der Waals surface area contributed by atoms with Crippen LogP contribution in [-0.4, -0.2) is 31.0 Å².